The Balaban J connectivity index is 4.25. The van der Waals surface area contributed by atoms with Gasteiger partial charge in [0.2, 0.25) is 0 Å². The van der Waals surface area contributed by atoms with Crippen LogP contribution in [0.2, 0.25) is 0 Å². The van der Waals surface area contributed by atoms with Gasteiger partial charge >= 0.3 is 17.9 Å². The van der Waals surface area contributed by atoms with Crippen LogP contribution in [0.25, 0.3) is 0 Å². The summed E-state index contributed by atoms with van der Waals surface area (Å²) in [5.41, 5.74) is 0. The van der Waals surface area contributed by atoms with Gasteiger partial charge in [-0.15, -0.1) is 0 Å². The maximum absolute atomic E-state index is 12.9. The van der Waals surface area contributed by atoms with E-state index in [1.807, 2.05) is 0 Å². The molecule has 0 saturated carbocycles. The Hall–Kier alpha value is -1.85. The summed E-state index contributed by atoms with van der Waals surface area (Å²) in [5, 5.41) is 0. The van der Waals surface area contributed by atoms with Crippen LogP contribution in [-0.2, 0) is 28.6 Å². The number of carbonyl (C=O) groups excluding carboxylic acids is 3. The Morgan fingerprint density at radius 3 is 0.769 bits per heavy atom. The molecule has 0 aliphatic heterocycles. The van der Waals surface area contributed by atoms with E-state index in [1.165, 1.54) is 231 Å². The first-order valence-electron chi connectivity index (χ1n) is 29.2. The molecule has 0 unspecified atom stereocenters. The van der Waals surface area contributed by atoms with Crippen molar-refractivity contribution < 1.29 is 28.6 Å². The topological polar surface area (TPSA) is 78.9 Å². The Morgan fingerprint density at radius 2 is 0.508 bits per heavy atom. The van der Waals surface area contributed by atoms with Crippen LogP contribution in [0.4, 0.5) is 0 Å². The fourth-order valence-electron chi connectivity index (χ4n) is 8.85. The Morgan fingerprint density at radius 1 is 0.292 bits per heavy atom. The van der Waals surface area contributed by atoms with Crippen LogP contribution in [0.5, 0.6) is 0 Å². The number of hydrogen-bond acceptors (Lipinski definition) is 6. The summed E-state index contributed by atoms with van der Waals surface area (Å²) >= 11 is 0. The molecule has 0 amide bonds. The summed E-state index contributed by atoms with van der Waals surface area (Å²) in [6.45, 7) is 6.68. The number of ether oxygens (including phenoxy) is 3. The first-order chi connectivity index (χ1) is 32.0. The second-order valence-corrected chi connectivity index (χ2v) is 19.9. The second-order valence-electron chi connectivity index (χ2n) is 19.9. The van der Waals surface area contributed by atoms with Crippen molar-refractivity contribution in [2.45, 2.75) is 335 Å². The molecule has 0 saturated heterocycles. The Kier molecular flexibility index (Phi) is 53.2. The van der Waals surface area contributed by atoms with Gasteiger partial charge in [-0.1, -0.05) is 277 Å². The maximum atomic E-state index is 12.9. The highest BCUT2D eigenvalue weighted by atomic mass is 16.6. The average Bonchev–Trinajstić information content (AvgIpc) is 3.30. The van der Waals surface area contributed by atoms with Crippen molar-refractivity contribution >= 4 is 17.9 Å². The van der Waals surface area contributed by atoms with Gasteiger partial charge in [-0.3, -0.25) is 14.4 Å². The lowest BCUT2D eigenvalue weighted by atomic mass is 10.0. The molecular weight excluding hydrogens is 805 g/mol. The van der Waals surface area contributed by atoms with Crippen molar-refractivity contribution in [1.29, 1.82) is 0 Å². The normalized spacial score (nSPS) is 12.0. The molecule has 0 fully saturated rings. The van der Waals surface area contributed by atoms with Crippen molar-refractivity contribution in [2.75, 3.05) is 13.2 Å². The molecule has 0 rings (SSSR count). The molecule has 6 nitrogen and oxygen atoms in total. The first-order valence-corrected chi connectivity index (χ1v) is 29.2. The highest BCUT2D eigenvalue weighted by molar-refractivity contribution is 5.71. The Labute approximate surface area is 405 Å². The van der Waals surface area contributed by atoms with Crippen LogP contribution in [0.15, 0.2) is 12.2 Å². The molecule has 384 valence electrons. The van der Waals surface area contributed by atoms with Crippen LogP contribution in [0.3, 0.4) is 0 Å². The predicted molar refractivity (Wildman–Crippen MR) is 280 cm³/mol. The zero-order chi connectivity index (χ0) is 47.2. The van der Waals surface area contributed by atoms with Crippen molar-refractivity contribution in [2.24, 2.45) is 0 Å². The van der Waals surface area contributed by atoms with Crippen molar-refractivity contribution in [3.63, 3.8) is 0 Å². The molecule has 0 aliphatic rings. The highest BCUT2D eigenvalue weighted by Crippen LogP contribution is 2.17. The van der Waals surface area contributed by atoms with E-state index in [0.717, 1.165) is 57.8 Å². The SMILES string of the molecule is CCCCCCCC/C=C\CCCCCCCCCCCCCC(=O)O[C@@H](COC(=O)CCCCCCCCCCCCC)COC(=O)CCCCCCCCCCCCCCCCC. The van der Waals surface area contributed by atoms with E-state index >= 15 is 0 Å². The monoisotopic (exact) mass is 917 g/mol. The summed E-state index contributed by atoms with van der Waals surface area (Å²) in [7, 11) is 0. The minimum atomic E-state index is -0.764. The van der Waals surface area contributed by atoms with Gasteiger partial charge in [0.15, 0.2) is 6.10 Å². The van der Waals surface area contributed by atoms with Crippen molar-refractivity contribution in [3.8, 4) is 0 Å². The Bertz CT molecular complexity index is 1010. The molecular formula is C59H112O6. The minimum Gasteiger partial charge on any atom is -0.462 e. The largest absolute Gasteiger partial charge is 0.462 e. The van der Waals surface area contributed by atoms with Gasteiger partial charge < -0.3 is 14.2 Å². The van der Waals surface area contributed by atoms with E-state index < -0.39 is 6.10 Å². The quantitative estimate of drug-likeness (QED) is 0.0262. The summed E-state index contributed by atoms with van der Waals surface area (Å²) in [5.74, 6) is -0.842. The molecule has 0 aromatic rings. The molecule has 6 heteroatoms. The molecule has 0 bridgehead atoms. The maximum Gasteiger partial charge on any atom is 0.306 e. The van der Waals surface area contributed by atoms with Gasteiger partial charge in [-0.2, -0.15) is 0 Å². The van der Waals surface area contributed by atoms with Crippen molar-refractivity contribution in [1.82, 2.24) is 0 Å². The standard InChI is InChI=1S/C59H112O6/c1-4-7-10-13-16-19-22-24-26-27-28-29-30-31-33-35-38-41-44-47-50-53-59(62)65-56(54-63-57(60)51-48-45-42-39-36-21-18-15-12-9-6-3)55-64-58(61)52-49-46-43-40-37-34-32-25-23-20-17-14-11-8-5-2/h24,26,56H,4-23,25,27-55H2,1-3H3/b26-24-/t56-/m0/s1. The summed E-state index contributed by atoms with van der Waals surface area (Å²) in [4.78, 5) is 38.1. The number of unbranched alkanes of at least 4 members (excludes halogenated alkanes) is 41. The molecule has 0 radical (unpaired) electrons. The molecule has 65 heavy (non-hydrogen) atoms. The molecule has 0 N–H and O–H groups in total. The number of esters is 3. The lowest BCUT2D eigenvalue weighted by Gasteiger charge is -2.18. The van der Waals surface area contributed by atoms with E-state index in [9.17, 15) is 14.4 Å². The first kappa shape index (κ1) is 63.1. The van der Waals surface area contributed by atoms with E-state index in [4.69, 9.17) is 14.2 Å². The summed E-state index contributed by atoms with van der Waals surface area (Å²) in [6, 6.07) is 0. The van der Waals surface area contributed by atoms with Crippen molar-refractivity contribution in [3.05, 3.63) is 12.2 Å². The van der Waals surface area contributed by atoms with Crippen LogP contribution >= 0.6 is 0 Å². The van der Waals surface area contributed by atoms with Gasteiger partial charge in [0, 0.05) is 19.3 Å². The third-order valence-corrected chi connectivity index (χ3v) is 13.3. The lowest BCUT2D eigenvalue weighted by Crippen LogP contribution is -2.30. The number of carbonyl (C=O) groups is 3. The van der Waals surface area contributed by atoms with Gasteiger partial charge in [0.25, 0.3) is 0 Å². The minimum absolute atomic E-state index is 0.0641. The zero-order valence-electron chi connectivity index (χ0n) is 44.0. The van der Waals surface area contributed by atoms with Crippen LogP contribution in [0, 0.1) is 0 Å². The van der Waals surface area contributed by atoms with Crippen LogP contribution in [0.1, 0.15) is 329 Å². The number of rotatable bonds is 54. The predicted octanol–water partition coefficient (Wildman–Crippen LogP) is 19.3. The molecule has 1 atom stereocenters. The van der Waals surface area contributed by atoms with Gasteiger partial charge in [0.05, 0.1) is 0 Å². The highest BCUT2D eigenvalue weighted by Gasteiger charge is 2.19. The van der Waals surface area contributed by atoms with Gasteiger partial charge in [0.1, 0.15) is 13.2 Å². The third-order valence-electron chi connectivity index (χ3n) is 13.3. The number of hydrogen-bond donors (Lipinski definition) is 0. The van der Waals surface area contributed by atoms with Gasteiger partial charge in [-0.05, 0) is 44.9 Å². The summed E-state index contributed by atoms with van der Waals surface area (Å²) < 4.78 is 16.9. The average molecular weight is 918 g/mol. The fourth-order valence-corrected chi connectivity index (χ4v) is 8.85. The van der Waals surface area contributed by atoms with E-state index in [2.05, 4.69) is 32.9 Å². The molecule has 0 heterocycles. The molecule has 0 spiro atoms. The molecule has 0 aliphatic carbocycles. The summed E-state index contributed by atoms with van der Waals surface area (Å²) in [6.07, 6.45) is 62.0. The fraction of sp³-hybridized carbons (Fsp3) is 0.915. The smallest absolute Gasteiger partial charge is 0.306 e. The lowest BCUT2D eigenvalue weighted by molar-refractivity contribution is -0.167. The molecule has 0 aromatic carbocycles. The third kappa shape index (κ3) is 53.0. The van der Waals surface area contributed by atoms with E-state index in [0.29, 0.717) is 19.3 Å². The van der Waals surface area contributed by atoms with E-state index in [-0.39, 0.29) is 31.1 Å². The van der Waals surface area contributed by atoms with Crippen LogP contribution in [-0.4, -0.2) is 37.2 Å². The molecule has 0 aromatic heterocycles. The van der Waals surface area contributed by atoms with E-state index in [1.54, 1.807) is 0 Å². The number of allylic oxidation sites excluding steroid dienone is 2. The van der Waals surface area contributed by atoms with Crippen LogP contribution < -0.4 is 0 Å². The zero-order valence-corrected chi connectivity index (χ0v) is 44.0. The second kappa shape index (κ2) is 54.8. The van der Waals surface area contributed by atoms with Gasteiger partial charge in [-0.25, -0.2) is 0 Å².